The SMILES string of the molecule is COc1ccc(Cn2nc(N)cc2OC(C)=O)cc1. The average Bonchev–Trinajstić information content (AvgIpc) is 2.69. The molecule has 0 saturated carbocycles. The third-order valence-corrected chi connectivity index (χ3v) is 2.50. The molecule has 0 atom stereocenters. The lowest BCUT2D eigenvalue weighted by molar-refractivity contribution is -0.132. The minimum Gasteiger partial charge on any atom is -0.497 e. The first kappa shape index (κ1) is 12.9. The molecule has 19 heavy (non-hydrogen) atoms. The Morgan fingerprint density at radius 1 is 1.37 bits per heavy atom. The molecule has 2 aromatic rings. The minimum atomic E-state index is -0.407. The first-order valence-electron chi connectivity index (χ1n) is 5.73. The average molecular weight is 261 g/mol. The molecule has 2 N–H and O–H groups in total. The summed E-state index contributed by atoms with van der Waals surface area (Å²) in [5, 5.41) is 4.09. The first-order valence-corrected chi connectivity index (χ1v) is 5.73. The zero-order valence-corrected chi connectivity index (χ0v) is 10.8. The van der Waals surface area contributed by atoms with Crippen molar-refractivity contribution in [2.45, 2.75) is 13.5 Å². The van der Waals surface area contributed by atoms with E-state index in [4.69, 9.17) is 15.2 Å². The Kier molecular flexibility index (Phi) is 3.70. The lowest BCUT2D eigenvalue weighted by Gasteiger charge is -2.07. The molecule has 0 saturated heterocycles. The number of benzene rings is 1. The fourth-order valence-electron chi connectivity index (χ4n) is 1.67. The third-order valence-electron chi connectivity index (χ3n) is 2.50. The van der Waals surface area contributed by atoms with Crippen LogP contribution >= 0.6 is 0 Å². The number of anilines is 1. The second-order valence-electron chi connectivity index (χ2n) is 4.01. The molecule has 2 rings (SSSR count). The van der Waals surface area contributed by atoms with Crippen molar-refractivity contribution < 1.29 is 14.3 Å². The van der Waals surface area contributed by atoms with E-state index < -0.39 is 5.97 Å². The van der Waals surface area contributed by atoms with E-state index in [2.05, 4.69) is 5.10 Å². The summed E-state index contributed by atoms with van der Waals surface area (Å²) in [6.07, 6.45) is 0. The van der Waals surface area contributed by atoms with Crippen LogP contribution in [0, 0.1) is 0 Å². The van der Waals surface area contributed by atoms with Crippen LogP contribution in [0.3, 0.4) is 0 Å². The molecule has 6 heteroatoms. The molecule has 100 valence electrons. The predicted octanol–water partition coefficient (Wildman–Crippen LogP) is 1.45. The van der Waals surface area contributed by atoms with E-state index in [-0.39, 0.29) is 0 Å². The summed E-state index contributed by atoms with van der Waals surface area (Å²) < 4.78 is 11.7. The van der Waals surface area contributed by atoms with Crippen molar-refractivity contribution in [1.82, 2.24) is 9.78 Å². The Balaban J connectivity index is 2.19. The number of ether oxygens (including phenoxy) is 2. The predicted molar refractivity (Wildman–Crippen MR) is 70.0 cm³/mol. The molecule has 1 aromatic heterocycles. The van der Waals surface area contributed by atoms with Crippen LogP contribution in [0.25, 0.3) is 0 Å². The number of methoxy groups -OCH3 is 1. The van der Waals surface area contributed by atoms with Gasteiger partial charge in [0, 0.05) is 13.0 Å². The number of nitrogen functional groups attached to an aromatic ring is 1. The molecule has 0 bridgehead atoms. The van der Waals surface area contributed by atoms with Gasteiger partial charge in [0.05, 0.1) is 13.7 Å². The van der Waals surface area contributed by atoms with E-state index in [0.717, 1.165) is 11.3 Å². The van der Waals surface area contributed by atoms with Crippen molar-refractivity contribution >= 4 is 11.8 Å². The van der Waals surface area contributed by atoms with Crippen molar-refractivity contribution in [3.8, 4) is 11.6 Å². The number of nitrogens with zero attached hydrogens (tertiary/aromatic N) is 2. The maximum absolute atomic E-state index is 11.0. The summed E-state index contributed by atoms with van der Waals surface area (Å²) in [6.45, 7) is 1.80. The number of aromatic nitrogens is 2. The van der Waals surface area contributed by atoms with E-state index in [9.17, 15) is 4.79 Å². The fourth-order valence-corrected chi connectivity index (χ4v) is 1.67. The van der Waals surface area contributed by atoms with Crippen LogP contribution in [0.5, 0.6) is 11.6 Å². The largest absolute Gasteiger partial charge is 0.497 e. The van der Waals surface area contributed by atoms with Crippen LogP contribution in [0.4, 0.5) is 5.82 Å². The molecular weight excluding hydrogens is 246 g/mol. The molecule has 0 fully saturated rings. The molecule has 0 spiro atoms. The highest BCUT2D eigenvalue weighted by atomic mass is 16.5. The number of carbonyl (C=O) groups excluding carboxylic acids is 1. The summed E-state index contributed by atoms with van der Waals surface area (Å²) in [6, 6.07) is 9.05. The third kappa shape index (κ3) is 3.25. The van der Waals surface area contributed by atoms with Gasteiger partial charge in [0.1, 0.15) is 11.6 Å². The van der Waals surface area contributed by atoms with Gasteiger partial charge in [-0.2, -0.15) is 5.10 Å². The summed E-state index contributed by atoms with van der Waals surface area (Å²) >= 11 is 0. The van der Waals surface area contributed by atoms with Crippen molar-refractivity contribution in [3.63, 3.8) is 0 Å². The lowest BCUT2D eigenvalue weighted by Crippen LogP contribution is -2.09. The zero-order chi connectivity index (χ0) is 13.8. The highest BCUT2D eigenvalue weighted by Gasteiger charge is 2.10. The molecular formula is C13H15N3O3. The number of rotatable bonds is 4. The van der Waals surface area contributed by atoms with Crippen LogP contribution < -0.4 is 15.2 Å². The van der Waals surface area contributed by atoms with Crippen LogP contribution in [-0.4, -0.2) is 22.9 Å². The number of nitrogens with two attached hydrogens (primary N) is 1. The molecule has 6 nitrogen and oxygen atoms in total. The number of carbonyl (C=O) groups is 1. The molecule has 0 aliphatic carbocycles. The topological polar surface area (TPSA) is 79.4 Å². The zero-order valence-electron chi connectivity index (χ0n) is 10.8. The van der Waals surface area contributed by atoms with Crippen LogP contribution in [-0.2, 0) is 11.3 Å². The Labute approximate surface area is 110 Å². The molecule has 0 aliphatic rings. The standard InChI is InChI=1S/C13H15N3O3/c1-9(17)19-13-7-12(14)15-16(13)8-10-3-5-11(18-2)6-4-10/h3-7H,8H2,1-2H3,(H2,14,15). The molecule has 1 heterocycles. The maximum Gasteiger partial charge on any atom is 0.309 e. The van der Waals surface area contributed by atoms with Gasteiger partial charge in [-0.05, 0) is 17.7 Å². The van der Waals surface area contributed by atoms with Gasteiger partial charge in [0.25, 0.3) is 0 Å². The normalized spacial score (nSPS) is 10.2. The fraction of sp³-hybridized carbons (Fsp3) is 0.231. The van der Waals surface area contributed by atoms with Gasteiger partial charge < -0.3 is 15.2 Å². The number of hydrogen-bond acceptors (Lipinski definition) is 5. The van der Waals surface area contributed by atoms with Gasteiger partial charge in [-0.25, -0.2) is 4.68 Å². The van der Waals surface area contributed by atoms with Crippen LogP contribution in [0.2, 0.25) is 0 Å². The summed E-state index contributed by atoms with van der Waals surface area (Å²) in [4.78, 5) is 11.0. The second kappa shape index (κ2) is 5.43. The molecule has 0 aliphatic heterocycles. The van der Waals surface area contributed by atoms with Crippen LogP contribution in [0.15, 0.2) is 30.3 Å². The van der Waals surface area contributed by atoms with Crippen molar-refractivity contribution in [2.24, 2.45) is 0 Å². The Morgan fingerprint density at radius 3 is 2.63 bits per heavy atom. The van der Waals surface area contributed by atoms with Crippen molar-refractivity contribution in [3.05, 3.63) is 35.9 Å². The monoisotopic (exact) mass is 261 g/mol. The van der Waals surface area contributed by atoms with E-state index in [0.29, 0.717) is 18.2 Å². The van der Waals surface area contributed by atoms with Crippen molar-refractivity contribution in [2.75, 3.05) is 12.8 Å². The summed E-state index contributed by atoms with van der Waals surface area (Å²) in [5.74, 6) is 1.02. The summed E-state index contributed by atoms with van der Waals surface area (Å²) in [5.41, 5.74) is 6.61. The minimum absolute atomic E-state index is 0.310. The van der Waals surface area contributed by atoms with Gasteiger partial charge in [0.2, 0.25) is 5.88 Å². The Hall–Kier alpha value is -2.50. The molecule has 0 amide bonds. The Morgan fingerprint density at radius 2 is 2.05 bits per heavy atom. The van der Waals surface area contributed by atoms with E-state index in [1.807, 2.05) is 24.3 Å². The first-order chi connectivity index (χ1) is 9.08. The quantitative estimate of drug-likeness (QED) is 0.842. The van der Waals surface area contributed by atoms with Gasteiger partial charge in [0.15, 0.2) is 0 Å². The lowest BCUT2D eigenvalue weighted by atomic mass is 10.2. The van der Waals surface area contributed by atoms with E-state index in [1.54, 1.807) is 11.8 Å². The maximum atomic E-state index is 11.0. The second-order valence-corrected chi connectivity index (χ2v) is 4.01. The number of esters is 1. The Bertz CT molecular complexity index is 575. The molecule has 0 radical (unpaired) electrons. The molecule has 1 aromatic carbocycles. The van der Waals surface area contributed by atoms with Gasteiger partial charge in [-0.3, -0.25) is 4.79 Å². The van der Waals surface area contributed by atoms with E-state index >= 15 is 0 Å². The highest BCUT2D eigenvalue weighted by Crippen LogP contribution is 2.18. The van der Waals surface area contributed by atoms with Crippen molar-refractivity contribution in [1.29, 1.82) is 0 Å². The van der Waals surface area contributed by atoms with Gasteiger partial charge >= 0.3 is 5.97 Å². The van der Waals surface area contributed by atoms with Crippen LogP contribution in [0.1, 0.15) is 12.5 Å². The number of hydrogen-bond donors (Lipinski definition) is 1. The van der Waals surface area contributed by atoms with Gasteiger partial charge in [-0.1, -0.05) is 12.1 Å². The highest BCUT2D eigenvalue weighted by molar-refractivity contribution is 5.69. The smallest absolute Gasteiger partial charge is 0.309 e. The summed E-state index contributed by atoms with van der Waals surface area (Å²) in [7, 11) is 1.61. The molecule has 0 unspecified atom stereocenters. The van der Waals surface area contributed by atoms with Gasteiger partial charge in [-0.15, -0.1) is 0 Å². The van der Waals surface area contributed by atoms with E-state index in [1.165, 1.54) is 13.0 Å².